The summed E-state index contributed by atoms with van der Waals surface area (Å²) in [7, 11) is 0. The third-order valence-electron chi connectivity index (χ3n) is 5.76. The van der Waals surface area contributed by atoms with Crippen LogP contribution in [0.4, 0.5) is 0 Å². The van der Waals surface area contributed by atoms with Crippen LogP contribution in [0.3, 0.4) is 0 Å². The van der Waals surface area contributed by atoms with Crippen LogP contribution in [0.1, 0.15) is 51.1 Å². The van der Waals surface area contributed by atoms with E-state index in [0.29, 0.717) is 22.6 Å². The lowest BCUT2D eigenvalue weighted by molar-refractivity contribution is 0.369. The molecular weight excluding hydrogens is 392 g/mol. The first-order valence-electron chi connectivity index (χ1n) is 10.5. The predicted octanol–water partition coefficient (Wildman–Crippen LogP) is 3.89. The molecule has 5 rings (SSSR count). The molecule has 158 valence electrons. The van der Waals surface area contributed by atoms with Crippen molar-refractivity contribution in [1.29, 1.82) is 0 Å². The molecule has 0 amide bonds. The number of fused-ring (bicyclic) bond motifs is 1. The number of benzene rings is 2. The third kappa shape index (κ3) is 3.50. The van der Waals surface area contributed by atoms with Gasteiger partial charge in [-0.3, -0.25) is 13.9 Å². The molecule has 31 heavy (non-hydrogen) atoms. The maximum Gasteiger partial charge on any atom is 0.332 e. The highest BCUT2D eigenvalue weighted by Gasteiger charge is 2.29. The fourth-order valence-corrected chi connectivity index (χ4v) is 3.84. The van der Waals surface area contributed by atoms with Crippen LogP contribution in [-0.4, -0.2) is 19.3 Å². The van der Waals surface area contributed by atoms with Crippen molar-refractivity contribution in [3.63, 3.8) is 0 Å². The summed E-state index contributed by atoms with van der Waals surface area (Å²) >= 11 is 0. The zero-order chi connectivity index (χ0) is 21.8. The minimum atomic E-state index is -0.333. The van der Waals surface area contributed by atoms with Crippen molar-refractivity contribution in [1.82, 2.24) is 19.3 Å². The predicted molar refractivity (Wildman–Crippen MR) is 118 cm³/mol. The van der Waals surface area contributed by atoms with Crippen LogP contribution in [-0.2, 0) is 12.0 Å². The number of hydrogen-bond donors (Lipinski definition) is 0. The van der Waals surface area contributed by atoms with E-state index in [9.17, 15) is 9.59 Å². The summed E-state index contributed by atoms with van der Waals surface area (Å²) in [6.07, 6.45) is 1.70. The van der Waals surface area contributed by atoms with E-state index in [1.165, 1.54) is 10.1 Å². The number of rotatable bonds is 4. The summed E-state index contributed by atoms with van der Waals surface area (Å²) in [5.41, 5.74) is 2.14. The topological polar surface area (TPSA) is 82.9 Å². The molecule has 2 heterocycles. The molecule has 1 fully saturated rings. The normalized spacial score (nSPS) is 14.3. The van der Waals surface area contributed by atoms with Gasteiger partial charge in [0.25, 0.3) is 5.56 Å². The van der Waals surface area contributed by atoms with Gasteiger partial charge in [0.2, 0.25) is 11.7 Å². The molecule has 0 atom stereocenters. The summed E-state index contributed by atoms with van der Waals surface area (Å²) in [5, 5.41) is 4.62. The molecule has 0 unspecified atom stereocenters. The third-order valence-corrected chi connectivity index (χ3v) is 5.76. The molecule has 7 heteroatoms. The Morgan fingerprint density at radius 2 is 1.74 bits per heavy atom. The summed E-state index contributed by atoms with van der Waals surface area (Å²) < 4.78 is 8.38. The lowest BCUT2D eigenvalue weighted by Gasteiger charge is -2.18. The van der Waals surface area contributed by atoms with E-state index in [1.54, 1.807) is 16.7 Å². The van der Waals surface area contributed by atoms with Crippen LogP contribution in [0.25, 0.3) is 22.3 Å². The number of nitrogens with zero attached hydrogens (tertiary/aromatic N) is 4. The van der Waals surface area contributed by atoms with Crippen LogP contribution in [0.15, 0.2) is 62.6 Å². The van der Waals surface area contributed by atoms with E-state index in [-0.39, 0.29) is 29.3 Å². The average molecular weight is 416 g/mol. The highest BCUT2D eigenvalue weighted by Crippen LogP contribution is 2.32. The molecule has 0 radical (unpaired) electrons. The summed E-state index contributed by atoms with van der Waals surface area (Å²) in [6, 6.07) is 15.2. The molecule has 0 aliphatic heterocycles. The highest BCUT2D eigenvalue weighted by atomic mass is 16.5. The second kappa shape index (κ2) is 7.04. The quantitative estimate of drug-likeness (QED) is 0.504. The van der Waals surface area contributed by atoms with Crippen molar-refractivity contribution in [2.24, 2.45) is 0 Å². The number of hydrogen-bond acceptors (Lipinski definition) is 5. The van der Waals surface area contributed by atoms with Gasteiger partial charge < -0.3 is 4.52 Å². The Kier molecular flexibility index (Phi) is 4.43. The van der Waals surface area contributed by atoms with Crippen molar-refractivity contribution < 1.29 is 4.52 Å². The van der Waals surface area contributed by atoms with Crippen LogP contribution < -0.4 is 11.2 Å². The van der Waals surface area contributed by atoms with Crippen molar-refractivity contribution >= 4 is 10.9 Å². The zero-order valence-corrected chi connectivity index (χ0v) is 17.8. The zero-order valence-electron chi connectivity index (χ0n) is 17.8. The van der Waals surface area contributed by atoms with Gasteiger partial charge in [-0.15, -0.1) is 0 Å². The van der Waals surface area contributed by atoms with Gasteiger partial charge in [0.15, 0.2) is 0 Å². The largest absolute Gasteiger partial charge is 0.337 e. The molecule has 7 nitrogen and oxygen atoms in total. The first kappa shape index (κ1) is 19.5. The molecule has 4 aromatic rings. The Balaban J connectivity index is 1.53. The standard InChI is InChI=1S/C24H24N4O3/c1-24(2,3)16-10-8-15(9-11-16)21-25-20(31-26-21)14-27-19-7-5-4-6-18(19)22(29)28(23(27)30)17-12-13-17/h4-11,17H,12-14H2,1-3H3. The van der Waals surface area contributed by atoms with Crippen LogP contribution in [0, 0.1) is 0 Å². The lowest BCUT2D eigenvalue weighted by Crippen LogP contribution is -2.39. The highest BCUT2D eigenvalue weighted by molar-refractivity contribution is 5.78. The number of aromatic nitrogens is 4. The van der Waals surface area contributed by atoms with E-state index in [4.69, 9.17) is 4.52 Å². The maximum atomic E-state index is 13.1. The van der Waals surface area contributed by atoms with Gasteiger partial charge in [-0.25, -0.2) is 4.79 Å². The van der Waals surface area contributed by atoms with Gasteiger partial charge in [0, 0.05) is 11.6 Å². The molecule has 1 aliphatic rings. The summed E-state index contributed by atoms with van der Waals surface area (Å²) in [5.74, 6) is 0.798. The van der Waals surface area contributed by atoms with E-state index < -0.39 is 0 Å². The lowest BCUT2D eigenvalue weighted by atomic mass is 9.87. The summed E-state index contributed by atoms with van der Waals surface area (Å²) in [6.45, 7) is 6.60. The SMILES string of the molecule is CC(C)(C)c1ccc(-c2noc(Cn3c(=O)n(C4CC4)c(=O)c4ccccc43)n2)cc1. The minimum absolute atomic E-state index is 0.0181. The van der Waals surface area contributed by atoms with Crippen molar-refractivity contribution in [2.75, 3.05) is 0 Å². The minimum Gasteiger partial charge on any atom is -0.337 e. The Bertz CT molecular complexity index is 1380. The number of para-hydroxylation sites is 1. The first-order chi connectivity index (χ1) is 14.8. The van der Waals surface area contributed by atoms with Gasteiger partial charge in [-0.1, -0.05) is 62.3 Å². The first-order valence-corrected chi connectivity index (χ1v) is 10.5. The van der Waals surface area contributed by atoms with E-state index in [0.717, 1.165) is 18.4 Å². The van der Waals surface area contributed by atoms with E-state index in [2.05, 4.69) is 43.0 Å². The van der Waals surface area contributed by atoms with E-state index >= 15 is 0 Å². The second-order valence-electron chi connectivity index (χ2n) is 9.13. The Hall–Kier alpha value is -3.48. The Labute approximate surface area is 179 Å². The van der Waals surface area contributed by atoms with Gasteiger partial charge in [0.1, 0.15) is 6.54 Å². The van der Waals surface area contributed by atoms with Crippen LogP contribution in [0.2, 0.25) is 0 Å². The van der Waals surface area contributed by atoms with Gasteiger partial charge in [-0.2, -0.15) is 4.98 Å². The maximum absolute atomic E-state index is 13.1. The molecule has 2 aromatic heterocycles. The molecule has 1 saturated carbocycles. The molecule has 0 spiro atoms. The Morgan fingerprint density at radius 3 is 2.42 bits per heavy atom. The molecule has 0 saturated heterocycles. The average Bonchev–Trinajstić information content (AvgIpc) is 3.47. The molecule has 0 bridgehead atoms. The van der Waals surface area contributed by atoms with Gasteiger partial charge >= 0.3 is 5.69 Å². The van der Waals surface area contributed by atoms with Crippen molar-refractivity contribution in [3.05, 3.63) is 80.8 Å². The molecule has 1 aliphatic carbocycles. The van der Waals surface area contributed by atoms with Crippen LogP contribution in [0.5, 0.6) is 0 Å². The summed E-state index contributed by atoms with van der Waals surface area (Å²) in [4.78, 5) is 30.5. The van der Waals surface area contributed by atoms with Crippen LogP contribution >= 0.6 is 0 Å². The molecule has 2 aromatic carbocycles. The van der Waals surface area contributed by atoms with E-state index in [1.807, 2.05) is 24.3 Å². The van der Waals surface area contributed by atoms with Gasteiger partial charge in [0.05, 0.1) is 10.9 Å². The fraction of sp³-hybridized carbons (Fsp3) is 0.333. The van der Waals surface area contributed by atoms with Gasteiger partial charge in [-0.05, 0) is 36.0 Å². The smallest absolute Gasteiger partial charge is 0.332 e. The van der Waals surface area contributed by atoms with Crippen molar-refractivity contribution in [3.8, 4) is 11.4 Å². The second-order valence-corrected chi connectivity index (χ2v) is 9.13. The Morgan fingerprint density at radius 1 is 1.03 bits per heavy atom. The van der Waals surface area contributed by atoms with Crippen molar-refractivity contribution in [2.45, 2.75) is 51.6 Å². The monoisotopic (exact) mass is 416 g/mol. The molecule has 0 N–H and O–H groups in total. The molecular formula is C24H24N4O3. The fourth-order valence-electron chi connectivity index (χ4n) is 3.84.